The van der Waals surface area contributed by atoms with Crippen LogP contribution in [-0.2, 0) is 6.42 Å². The highest BCUT2D eigenvalue weighted by molar-refractivity contribution is 5.25. The zero-order valence-electron chi connectivity index (χ0n) is 12.6. The normalized spacial score (nSPS) is 12.3. The quantitative estimate of drug-likeness (QED) is 0.873. The van der Waals surface area contributed by atoms with Gasteiger partial charge in [0.05, 0.1) is 0 Å². The summed E-state index contributed by atoms with van der Waals surface area (Å²) in [6.45, 7) is 7.30. The lowest BCUT2D eigenvalue weighted by Crippen LogP contribution is -2.24. The number of nitrogens with one attached hydrogen (secondary N) is 1. The van der Waals surface area contributed by atoms with Crippen LogP contribution in [0.15, 0.2) is 36.5 Å². The van der Waals surface area contributed by atoms with E-state index in [0.717, 1.165) is 36.5 Å². The van der Waals surface area contributed by atoms with Gasteiger partial charge in [-0.3, -0.25) is 9.97 Å². The molecule has 2 heterocycles. The molecule has 2 aromatic rings. The van der Waals surface area contributed by atoms with Crippen LogP contribution in [0.3, 0.4) is 0 Å². The molecule has 2 aromatic heterocycles. The molecule has 0 aliphatic rings. The van der Waals surface area contributed by atoms with Crippen LogP contribution >= 0.6 is 0 Å². The molecule has 2 rings (SSSR count). The molecule has 20 heavy (non-hydrogen) atoms. The summed E-state index contributed by atoms with van der Waals surface area (Å²) in [6.07, 6.45) is 3.89. The van der Waals surface area contributed by atoms with E-state index in [1.807, 2.05) is 32.2 Å². The predicted octanol–water partition coefficient (Wildman–Crippen LogP) is 3.38. The van der Waals surface area contributed by atoms with Gasteiger partial charge >= 0.3 is 0 Å². The molecule has 0 saturated heterocycles. The smallest absolute Gasteiger partial charge is 0.0422 e. The van der Waals surface area contributed by atoms with E-state index in [2.05, 4.69) is 40.4 Å². The summed E-state index contributed by atoms with van der Waals surface area (Å²) in [5.41, 5.74) is 4.57. The van der Waals surface area contributed by atoms with Crippen molar-refractivity contribution in [2.75, 3.05) is 6.54 Å². The van der Waals surface area contributed by atoms with Gasteiger partial charge in [-0.05, 0) is 56.6 Å². The average Bonchev–Trinajstić information content (AvgIpc) is 2.43. The van der Waals surface area contributed by atoms with Crippen molar-refractivity contribution in [3.8, 4) is 0 Å². The number of aromatic nitrogens is 2. The Bertz CT molecular complexity index is 517. The Hall–Kier alpha value is -1.74. The Morgan fingerprint density at radius 2 is 1.90 bits per heavy atom. The first kappa shape index (κ1) is 14.7. The largest absolute Gasteiger partial charge is 0.310 e. The van der Waals surface area contributed by atoms with Gasteiger partial charge in [-0.25, -0.2) is 0 Å². The SMILES string of the molecule is CCCNC(Cc1ccccn1)c1cc(C)nc(C)c1. The number of hydrogen-bond acceptors (Lipinski definition) is 3. The fraction of sp³-hybridized carbons (Fsp3) is 0.412. The van der Waals surface area contributed by atoms with Gasteiger partial charge in [-0.2, -0.15) is 0 Å². The van der Waals surface area contributed by atoms with Gasteiger partial charge < -0.3 is 5.32 Å². The number of hydrogen-bond donors (Lipinski definition) is 1. The summed E-state index contributed by atoms with van der Waals surface area (Å²) in [6, 6.07) is 10.7. The van der Waals surface area contributed by atoms with Crippen LogP contribution in [0.5, 0.6) is 0 Å². The summed E-state index contributed by atoms with van der Waals surface area (Å²) in [5.74, 6) is 0. The maximum atomic E-state index is 4.46. The molecule has 0 amide bonds. The number of nitrogens with zero attached hydrogens (tertiary/aromatic N) is 2. The maximum Gasteiger partial charge on any atom is 0.0422 e. The monoisotopic (exact) mass is 269 g/mol. The van der Waals surface area contributed by atoms with Crippen LogP contribution in [0.25, 0.3) is 0 Å². The number of rotatable bonds is 6. The first-order valence-electron chi connectivity index (χ1n) is 7.27. The molecule has 0 aromatic carbocycles. The van der Waals surface area contributed by atoms with Crippen molar-refractivity contribution in [3.05, 3.63) is 59.2 Å². The van der Waals surface area contributed by atoms with Crippen molar-refractivity contribution in [1.82, 2.24) is 15.3 Å². The Balaban J connectivity index is 2.22. The van der Waals surface area contributed by atoms with E-state index < -0.39 is 0 Å². The maximum absolute atomic E-state index is 4.46. The molecule has 0 saturated carbocycles. The highest BCUT2D eigenvalue weighted by Crippen LogP contribution is 2.19. The third-order valence-electron chi connectivity index (χ3n) is 3.29. The average molecular weight is 269 g/mol. The van der Waals surface area contributed by atoms with Crippen LogP contribution in [-0.4, -0.2) is 16.5 Å². The van der Waals surface area contributed by atoms with Crippen LogP contribution in [0.4, 0.5) is 0 Å². The van der Waals surface area contributed by atoms with Crippen molar-refractivity contribution in [2.45, 2.75) is 39.7 Å². The van der Waals surface area contributed by atoms with Gasteiger partial charge in [0, 0.05) is 35.7 Å². The third kappa shape index (κ3) is 4.14. The highest BCUT2D eigenvalue weighted by atomic mass is 14.9. The standard InChI is InChI=1S/C17H23N3/c1-4-8-19-17(12-16-7-5-6-9-18-16)15-10-13(2)20-14(3)11-15/h5-7,9-11,17,19H,4,8,12H2,1-3H3. The topological polar surface area (TPSA) is 37.8 Å². The van der Waals surface area contributed by atoms with Gasteiger partial charge in [-0.1, -0.05) is 13.0 Å². The Morgan fingerprint density at radius 1 is 1.15 bits per heavy atom. The molecular formula is C17H23N3. The van der Waals surface area contributed by atoms with Crippen molar-refractivity contribution in [1.29, 1.82) is 0 Å². The molecule has 0 bridgehead atoms. The van der Waals surface area contributed by atoms with Crippen molar-refractivity contribution in [2.24, 2.45) is 0 Å². The summed E-state index contributed by atoms with van der Waals surface area (Å²) in [4.78, 5) is 8.90. The summed E-state index contributed by atoms with van der Waals surface area (Å²) in [5, 5.41) is 3.62. The van der Waals surface area contributed by atoms with Crippen LogP contribution < -0.4 is 5.32 Å². The molecule has 1 atom stereocenters. The zero-order chi connectivity index (χ0) is 14.4. The molecule has 0 spiro atoms. The lowest BCUT2D eigenvalue weighted by Gasteiger charge is -2.19. The molecule has 0 aliphatic carbocycles. The second-order valence-corrected chi connectivity index (χ2v) is 5.22. The van der Waals surface area contributed by atoms with Crippen LogP contribution in [0, 0.1) is 13.8 Å². The fourth-order valence-electron chi connectivity index (χ4n) is 2.42. The Kier molecular flexibility index (Phi) is 5.24. The molecule has 1 N–H and O–H groups in total. The van der Waals surface area contributed by atoms with Gasteiger partial charge in [0.1, 0.15) is 0 Å². The lowest BCUT2D eigenvalue weighted by molar-refractivity contribution is 0.523. The van der Waals surface area contributed by atoms with E-state index in [0.29, 0.717) is 6.04 Å². The first-order valence-corrected chi connectivity index (χ1v) is 7.27. The molecule has 1 unspecified atom stereocenters. The van der Waals surface area contributed by atoms with Crippen molar-refractivity contribution < 1.29 is 0 Å². The lowest BCUT2D eigenvalue weighted by atomic mass is 10.0. The number of pyridine rings is 2. The predicted molar refractivity (Wildman–Crippen MR) is 82.7 cm³/mol. The van der Waals surface area contributed by atoms with E-state index in [9.17, 15) is 0 Å². The highest BCUT2D eigenvalue weighted by Gasteiger charge is 2.13. The molecule has 0 radical (unpaired) electrons. The van der Waals surface area contributed by atoms with E-state index in [-0.39, 0.29) is 0 Å². The molecule has 0 fully saturated rings. The van der Waals surface area contributed by atoms with E-state index in [1.165, 1.54) is 5.56 Å². The van der Waals surface area contributed by atoms with Gasteiger partial charge in [0.15, 0.2) is 0 Å². The summed E-state index contributed by atoms with van der Waals surface area (Å²) < 4.78 is 0. The van der Waals surface area contributed by atoms with Crippen LogP contribution in [0.2, 0.25) is 0 Å². The van der Waals surface area contributed by atoms with E-state index in [4.69, 9.17) is 0 Å². The van der Waals surface area contributed by atoms with Crippen LogP contribution in [0.1, 0.15) is 42.0 Å². The Labute approximate surface area is 121 Å². The molecule has 3 nitrogen and oxygen atoms in total. The van der Waals surface area contributed by atoms with Gasteiger partial charge in [-0.15, -0.1) is 0 Å². The molecule has 0 aliphatic heterocycles. The zero-order valence-corrected chi connectivity index (χ0v) is 12.6. The summed E-state index contributed by atoms with van der Waals surface area (Å²) in [7, 11) is 0. The fourth-order valence-corrected chi connectivity index (χ4v) is 2.42. The molecular weight excluding hydrogens is 246 g/mol. The second kappa shape index (κ2) is 7.15. The Morgan fingerprint density at radius 3 is 2.50 bits per heavy atom. The van der Waals surface area contributed by atoms with Gasteiger partial charge in [0.25, 0.3) is 0 Å². The van der Waals surface area contributed by atoms with Crippen molar-refractivity contribution >= 4 is 0 Å². The minimum Gasteiger partial charge on any atom is -0.310 e. The molecule has 3 heteroatoms. The first-order chi connectivity index (χ1) is 9.69. The van der Waals surface area contributed by atoms with E-state index >= 15 is 0 Å². The van der Waals surface area contributed by atoms with Gasteiger partial charge in [0.2, 0.25) is 0 Å². The third-order valence-corrected chi connectivity index (χ3v) is 3.29. The van der Waals surface area contributed by atoms with Crippen molar-refractivity contribution in [3.63, 3.8) is 0 Å². The van der Waals surface area contributed by atoms with E-state index in [1.54, 1.807) is 0 Å². The molecule has 106 valence electrons. The minimum absolute atomic E-state index is 0.297. The minimum atomic E-state index is 0.297. The second-order valence-electron chi connectivity index (χ2n) is 5.22. The number of aryl methyl sites for hydroxylation is 2. The summed E-state index contributed by atoms with van der Waals surface area (Å²) >= 11 is 0.